The Kier molecular flexibility index (Phi) is 10.1. The molecule has 2 N–H and O–H groups in total. The van der Waals surface area contributed by atoms with Crippen molar-refractivity contribution in [2.24, 2.45) is 5.10 Å². The fourth-order valence-electron chi connectivity index (χ4n) is 2.30. The summed E-state index contributed by atoms with van der Waals surface area (Å²) in [6.07, 6.45) is 3.68. The molecule has 0 unspecified atom stereocenters. The summed E-state index contributed by atoms with van der Waals surface area (Å²) in [6.45, 7) is 2.94. The van der Waals surface area contributed by atoms with Gasteiger partial charge in [-0.2, -0.15) is 5.10 Å². The molecule has 0 aliphatic heterocycles. The van der Waals surface area contributed by atoms with E-state index < -0.39 is 0 Å². The normalized spacial score (nSPS) is 10.8. The molecular formula is C21H22BrCl2N3O3. The zero-order valence-corrected chi connectivity index (χ0v) is 19.5. The molecule has 0 spiro atoms. The molecule has 2 amide bonds. The number of ether oxygens (including phenoxy) is 1. The van der Waals surface area contributed by atoms with Crippen LogP contribution in [0, 0.1) is 0 Å². The molecule has 2 rings (SSSR count). The standard InChI is InChI=1S/C21H22BrCl2N3O3/c1-2-3-10-30-19-7-4-14(11-16(19)22)13-26-27-20(28)8-9-25-21(29)15-5-6-17(23)18(24)12-15/h4-7,11-13H,2-3,8-10H2,1H3,(H,25,29)(H,27,28). The molecule has 30 heavy (non-hydrogen) atoms. The van der Waals surface area contributed by atoms with Crippen LogP contribution in [0.4, 0.5) is 0 Å². The van der Waals surface area contributed by atoms with E-state index in [4.69, 9.17) is 27.9 Å². The number of hydrogen-bond acceptors (Lipinski definition) is 4. The van der Waals surface area contributed by atoms with Gasteiger partial charge in [-0.1, -0.05) is 36.5 Å². The summed E-state index contributed by atoms with van der Waals surface area (Å²) in [6, 6.07) is 10.1. The van der Waals surface area contributed by atoms with Crippen LogP contribution in [-0.2, 0) is 4.79 Å². The molecular weight excluding hydrogens is 493 g/mol. The van der Waals surface area contributed by atoms with Gasteiger partial charge in [-0.15, -0.1) is 0 Å². The second kappa shape index (κ2) is 12.6. The van der Waals surface area contributed by atoms with Crippen molar-refractivity contribution in [1.29, 1.82) is 0 Å². The predicted molar refractivity (Wildman–Crippen MR) is 124 cm³/mol. The zero-order chi connectivity index (χ0) is 21.9. The van der Waals surface area contributed by atoms with Gasteiger partial charge in [0, 0.05) is 18.5 Å². The number of carbonyl (C=O) groups is 2. The van der Waals surface area contributed by atoms with Crippen LogP contribution < -0.4 is 15.5 Å². The Hall–Kier alpha value is -2.09. The molecule has 2 aromatic carbocycles. The maximum Gasteiger partial charge on any atom is 0.251 e. The van der Waals surface area contributed by atoms with Crippen LogP contribution in [-0.4, -0.2) is 31.2 Å². The lowest BCUT2D eigenvalue weighted by molar-refractivity contribution is -0.120. The molecule has 0 aliphatic rings. The molecule has 0 saturated carbocycles. The van der Waals surface area contributed by atoms with Gasteiger partial charge in [-0.25, -0.2) is 5.43 Å². The van der Waals surface area contributed by atoms with Gasteiger partial charge >= 0.3 is 0 Å². The number of carbonyl (C=O) groups excluding carboxylic acids is 2. The van der Waals surface area contributed by atoms with Crippen molar-refractivity contribution in [3.63, 3.8) is 0 Å². The van der Waals surface area contributed by atoms with Crippen molar-refractivity contribution >= 4 is 57.2 Å². The number of unbranched alkanes of at least 4 members (excludes halogenated alkanes) is 1. The first kappa shape index (κ1) is 24.2. The fourth-order valence-corrected chi connectivity index (χ4v) is 3.11. The van der Waals surface area contributed by atoms with Gasteiger partial charge in [0.1, 0.15) is 5.75 Å². The topological polar surface area (TPSA) is 79.8 Å². The van der Waals surface area contributed by atoms with Gasteiger partial charge in [0.05, 0.1) is 27.3 Å². The van der Waals surface area contributed by atoms with E-state index in [9.17, 15) is 9.59 Å². The number of benzene rings is 2. The molecule has 2 aromatic rings. The summed E-state index contributed by atoms with van der Waals surface area (Å²) < 4.78 is 6.49. The molecule has 0 aliphatic carbocycles. The highest BCUT2D eigenvalue weighted by Crippen LogP contribution is 2.25. The van der Waals surface area contributed by atoms with Crippen LogP contribution in [0.15, 0.2) is 46.0 Å². The largest absolute Gasteiger partial charge is 0.492 e. The number of nitrogens with one attached hydrogen (secondary N) is 2. The fraction of sp³-hybridized carbons (Fsp3) is 0.286. The van der Waals surface area contributed by atoms with Gasteiger partial charge in [-0.05, 0) is 64.3 Å². The third-order valence-electron chi connectivity index (χ3n) is 3.93. The summed E-state index contributed by atoms with van der Waals surface area (Å²) in [5.41, 5.74) is 3.61. The highest BCUT2D eigenvalue weighted by atomic mass is 79.9. The molecule has 0 aromatic heterocycles. The van der Waals surface area contributed by atoms with Crippen molar-refractivity contribution in [2.45, 2.75) is 26.2 Å². The number of halogens is 3. The van der Waals surface area contributed by atoms with Crippen molar-refractivity contribution in [3.05, 3.63) is 62.0 Å². The van der Waals surface area contributed by atoms with E-state index in [1.54, 1.807) is 12.1 Å². The van der Waals surface area contributed by atoms with Crippen LogP contribution in [0.5, 0.6) is 5.75 Å². The summed E-state index contributed by atoms with van der Waals surface area (Å²) in [5, 5.41) is 7.25. The van der Waals surface area contributed by atoms with Crippen molar-refractivity contribution in [2.75, 3.05) is 13.2 Å². The first-order chi connectivity index (χ1) is 14.4. The number of rotatable bonds is 10. The number of hydrazone groups is 1. The van der Waals surface area contributed by atoms with Crippen molar-refractivity contribution in [3.8, 4) is 5.75 Å². The van der Waals surface area contributed by atoms with E-state index in [2.05, 4.69) is 38.7 Å². The Morgan fingerprint density at radius 2 is 1.97 bits per heavy atom. The third kappa shape index (κ3) is 7.97. The van der Waals surface area contributed by atoms with Crippen molar-refractivity contribution in [1.82, 2.24) is 10.7 Å². The lowest BCUT2D eigenvalue weighted by Crippen LogP contribution is -2.29. The Morgan fingerprint density at radius 3 is 2.67 bits per heavy atom. The molecule has 0 bridgehead atoms. The minimum absolute atomic E-state index is 0.0816. The SMILES string of the molecule is CCCCOc1ccc(C=NNC(=O)CCNC(=O)c2ccc(Cl)c(Cl)c2)cc1Br. The molecule has 0 saturated heterocycles. The molecule has 0 heterocycles. The Bertz CT molecular complexity index is 922. The maximum atomic E-state index is 12.0. The molecule has 0 fully saturated rings. The third-order valence-corrected chi connectivity index (χ3v) is 5.29. The first-order valence-electron chi connectivity index (χ1n) is 9.38. The maximum absolute atomic E-state index is 12.0. The van der Waals surface area contributed by atoms with Gasteiger partial charge < -0.3 is 10.1 Å². The van der Waals surface area contributed by atoms with Gasteiger partial charge in [-0.3, -0.25) is 9.59 Å². The summed E-state index contributed by atoms with van der Waals surface area (Å²) in [7, 11) is 0. The van der Waals surface area contributed by atoms with Crippen molar-refractivity contribution < 1.29 is 14.3 Å². The van der Waals surface area contributed by atoms with Gasteiger partial charge in [0.25, 0.3) is 5.91 Å². The lowest BCUT2D eigenvalue weighted by atomic mass is 10.2. The second-order valence-electron chi connectivity index (χ2n) is 6.32. The van der Waals surface area contributed by atoms with Crippen LogP contribution in [0.3, 0.4) is 0 Å². The molecule has 0 atom stereocenters. The average Bonchev–Trinajstić information content (AvgIpc) is 2.71. The average molecular weight is 515 g/mol. The lowest BCUT2D eigenvalue weighted by Gasteiger charge is -2.08. The Morgan fingerprint density at radius 1 is 1.17 bits per heavy atom. The first-order valence-corrected chi connectivity index (χ1v) is 10.9. The van der Waals surface area contributed by atoms with E-state index in [1.807, 2.05) is 18.2 Å². The minimum atomic E-state index is -0.337. The summed E-state index contributed by atoms with van der Waals surface area (Å²) >= 11 is 15.2. The highest BCUT2D eigenvalue weighted by Gasteiger charge is 2.08. The Labute approximate surface area is 194 Å². The van der Waals surface area contributed by atoms with Crippen LogP contribution in [0.1, 0.15) is 42.1 Å². The zero-order valence-electron chi connectivity index (χ0n) is 16.4. The number of amides is 2. The highest BCUT2D eigenvalue weighted by molar-refractivity contribution is 9.10. The van der Waals surface area contributed by atoms with E-state index in [-0.39, 0.29) is 24.8 Å². The smallest absolute Gasteiger partial charge is 0.251 e. The van der Waals surface area contributed by atoms with Crippen LogP contribution in [0.2, 0.25) is 10.0 Å². The van der Waals surface area contributed by atoms with Crippen LogP contribution in [0.25, 0.3) is 0 Å². The Balaban J connectivity index is 1.74. The number of nitrogens with zero attached hydrogens (tertiary/aromatic N) is 1. The second-order valence-corrected chi connectivity index (χ2v) is 7.99. The van der Waals surface area contributed by atoms with E-state index in [0.29, 0.717) is 22.2 Å². The predicted octanol–water partition coefficient (Wildman–Crippen LogP) is 5.21. The van der Waals surface area contributed by atoms with Crippen LogP contribution >= 0.6 is 39.1 Å². The van der Waals surface area contributed by atoms with E-state index in [1.165, 1.54) is 12.3 Å². The van der Waals surface area contributed by atoms with E-state index in [0.717, 1.165) is 28.6 Å². The monoisotopic (exact) mass is 513 g/mol. The number of hydrogen-bond donors (Lipinski definition) is 2. The van der Waals surface area contributed by atoms with Gasteiger partial charge in [0.15, 0.2) is 0 Å². The molecule has 6 nitrogen and oxygen atoms in total. The molecule has 9 heteroatoms. The van der Waals surface area contributed by atoms with Gasteiger partial charge in [0.2, 0.25) is 5.91 Å². The summed E-state index contributed by atoms with van der Waals surface area (Å²) in [5.74, 6) is 0.109. The molecule has 0 radical (unpaired) electrons. The minimum Gasteiger partial charge on any atom is -0.492 e. The quantitative estimate of drug-likeness (QED) is 0.259. The van der Waals surface area contributed by atoms with E-state index >= 15 is 0 Å². The summed E-state index contributed by atoms with van der Waals surface area (Å²) in [4.78, 5) is 23.9. The molecule has 160 valence electrons.